The van der Waals surface area contributed by atoms with Gasteiger partial charge >= 0.3 is 14.5 Å². The Hall–Kier alpha value is -1.63. The zero-order valence-electron chi connectivity index (χ0n) is 16.8. The second-order valence-corrected chi connectivity index (χ2v) is 9.73. The van der Waals surface area contributed by atoms with Crippen LogP contribution in [0.4, 0.5) is 0 Å². The van der Waals surface area contributed by atoms with Crippen LogP contribution in [0.3, 0.4) is 0 Å². The monoisotopic (exact) mass is 392 g/mol. The van der Waals surface area contributed by atoms with Gasteiger partial charge in [0.1, 0.15) is 11.3 Å². The normalized spacial score (nSPS) is 19.1. The lowest BCUT2D eigenvalue weighted by Gasteiger charge is -2.29. The van der Waals surface area contributed by atoms with E-state index in [4.69, 9.17) is 18.3 Å². The number of ether oxygens (including phenoxy) is 2. The topological polar surface area (TPSA) is 54.0 Å². The molecule has 0 atom stereocenters. The number of allylic oxidation sites excluding steroid dienone is 2. The second kappa shape index (κ2) is 11.3. The van der Waals surface area contributed by atoms with Gasteiger partial charge in [0.05, 0.1) is 13.2 Å². The predicted octanol–water partition coefficient (Wildman–Crippen LogP) is 4.80. The number of hydrogen-bond donors (Lipinski definition) is 0. The van der Waals surface area contributed by atoms with Crippen LogP contribution in [0.15, 0.2) is 35.5 Å². The van der Waals surface area contributed by atoms with Crippen LogP contribution in [-0.4, -0.2) is 41.0 Å². The Labute approximate surface area is 163 Å². The van der Waals surface area contributed by atoms with Crippen molar-refractivity contribution in [3.63, 3.8) is 0 Å². The molecule has 0 fully saturated rings. The summed E-state index contributed by atoms with van der Waals surface area (Å²) in [6, 6.07) is 7.27. The number of benzene rings is 1. The van der Waals surface area contributed by atoms with E-state index in [2.05, 4.69) is 12.6 Å². The summed E-state index contributed by atoms with van der Waals surface area (Å²) in [6.07, 6.45) is 6.73. The summed E-state index contributed by atoms with van der Waals surface area (Å²) in [5.74, 6) is 0.271. The molecule has 1 aliphatic rings. The fourth-order valence-corrected chi connectivity index (χ4v) is 5.96. The SMILES string of the molecule is CCO[Si](C)(OCC)/C1=C/CCCOc2ccccc2C(=O)OCCCC1. The van der Waals surface area contributed by atoms with E-state index in [0.717, 1.165) is 32.1 Å². The lowest BCUT2D eigenvalue weighted by molar-refractivity contribution is 0.0493. The van der Waals surface area contributed by atoms with Crippen molar-refractivity contribution < 1.29 is 23.1 Å². The molecule has 2 rings (SSSR count). The number of rotatable bonds is 5. The van der Waals surface area contributed by atoms with Crippen LogP contribution in [0.5, 0.6) is 5.75 Å². The van der Waals surface area contributed by atoms with Gasteiger partial charge in [-0.25, -0.2) is 4.79 Å². The first-order chi connectivity index (χ1) is 13.1. The molecular formula is C21H32O5Si. The Kier molecular flexibility index (Phi) is 9.04. The lowest BCUT2D eigenvalue weighted by atomic mass is 10.2. The quantitative estimate of drug-likeness (QED) is 0.532. The van der Waals surface area contributed by atoms with E-state index in [1.807, 2.05) is 32.0 Å². The standard InChI is InChI=1S/C21H32O5Si/c1-4-25-27(3,26-5-2)18-12-8-10-16-23-20-15-7-6-14-19(20)21(22)24-17-11-9-13-18/h6-7,12,14-15H,4-5,8-11,13,16-17H2,1-3H3/b18-12+. The van der Waals surface area contributed by atoms with Gasteiger partial charge < -0.3 is 18.3 Å². The molecular weight excluding hydrogens is 360 g/mol. The van der Waals surface area contributed by atoms with Crippen LogP contribution in [0, 0.1) is 0 Å². The summed E-state index contributed by atoms with van der Waals surface area (Å²) in [4.78, 5) is 12.3. The van der Waals surface area contributed by atoms with Crippen molar-refractivity contribution in [2.75, 3.05) is 26.4 Å². The van der Waals surface area contributed by atoms with Crippen molar-refractivity contribution in [1.29, 1.82) is 0 Å². The minimum absolute atomic E-state index is 0.318. The van der Waals surface area contributed by atoms with Gasteiger partial charge in [-0.05, 0) is 69.8 Å². The van der Waals surface area contributed by atoms with Gasteiger partial charge in [0.15, 0.2) is 0 Å². The number of carbonyl (C=O) groups is 1. The Morgan fingerprint density at radius 3 is 2.44 bits per heavy atom. The minimum Gasteiger partial charge on any atom is -0.493 e. The average molecular weight is 393 g/mol. The number of fused-ring (bicyclic) bond motifs is 1. The second-order valence-electron chi connectivity index (χ2n) is 6.62. The molecule has 1 heterocycles. The van der Waals surface area contributed by atoms with Gasteiger partial charge in [0, 0.05) is 13.2 Å². The largest absolute Gasteiger partial charge is 0.493 e. The van der Waals surface area contributed by atoms with Crippen LogP contribution in [-0.2, 0) is 13.6 Å². The first-order valence-corrected chi connectivity index (χ1v) is 12.3. The number of hydrogen-bond acceptors (Lipinski definition) is 5. The molecule has 27 heavy (non-hydrogen) atoms. The maximum absolute atomic E-state index is 12.3. The van der Waals surface area contributed by atoms with Crippen molar-refractivity contribution in [3.8, 4) is 5.75 Å². The molecule has 5 nitrogen and oxygen atoms in total. The first-order valence-electron chi connectivity index (χ1n) is 9.97. The van der Waals surface area contributed by atoms with E-state index >= 15 is 0 Å². The van der Waals surface area contributed by atoms with Crippen molar-refractivity contribution in [1.82, 2.24) is 0 Å². The van der Waals surface area contributed by atoms with E-state index in [1.54, 1.807) is 6.07 Å². The molecule has 0 aromatic heterocycles. The summed E-state index contributed by atoms with van der Waals surface area (Å²) in [5.41, 5.74) is 0.499. The lowest BCUT2D eigenvalue weighted by Crippen LogP contribution is -2.41. The van der Waals surface area contributed by atoms with Gasteiger partial charge in [0.2, 0.25) is 0 Å². The third-order valence-electron chi connectivity index (χ3n) is 4.60. The van der Waals surface area contributed by atoms with E-state index in [-0.39, 0.29) is 5.97 Å². The predicted molar refractivity (Wildman–Crippen MR) is 108 cm³/mol. The van der Waals surface area contributed by atoms with Crippen molar-refractivity contribution in [2.24, 2.45) is 0 Å². The third-order valence-corrected chi connectivity index (χ3v) is 7.90. The number of cyclic esters (lactones) is 1. The molecule has 1 aliphatic heterocycles. The molecule has 0 bridgehead atoms. The van der Waals surface area contributed by atoms with Gasteiger partial charge in [-0.15, -0.1) is 0 Å². The van der Waals surface area contributed by atoms with Crippen LogP contribution in [0.1, 0.15) is 56.3 Å². The molecule has 0 unspecified atom stereocenters. The number of para-hydroxylation sites is 1. The molecule has 0 radical (unpaired) electrons. The fourth-order valence-electron chi connectivity index (χ4n) is 3.26. The molecule has 0 spiro atoms. The molecule has 0 saturated carbocycles. The van der Waals surface area contributed by atoms with Gasteiger partial charge in [-0.1, -0.05) is 18.2 Å². The molecule has 0 aliphatic carbocycles. The van der Waals surface area contributed by atoms with E-state index in [9.17, 15) is 4.79 Å². The van der Waals surface area contributed by atoms with E-state index in [1.165, 1.54) is 5.20 Å². The van der Waals surface area contributed by atoms with E-state index < -0.39 is 8.56 Å². The molecule has 1 aromatic rings. The van der Waals surface area contributed by atoms with Crippen LogP contribution in [0.2, 0.25) is 6.55 Å². The zero-order valence-corrected chi connectivity index (χ0v) is 17.8. The zero-order chi connectivity index (χ0) is 19.5. The maximum atomic E-state index is 12.3. The van der Waals surface area contributed by atoms with Gasteiger partial charge in [0.25, 0.3) is 0 Å². The van der Waals surface area contributed by atoms with Crippen molar-refractivity contribution in [3.05, 3.63) is 41.1 Å². The molecule has 1 aromatic carbocycles. The highest BCUT2D eigenvalue weighted by molar-refractivity contribution is 6.73. The highest BCUT2D eigenvalue weighted by Gasteiger charge is 2.35. The summed E-state index contributed by atoms with van der Waals surface area (Å²) >= 11 is 0. The molecule has 150 valence electrons. The van der Waals surface area contributed by atoms with Crippen molar-refractivity contribution in [2.45, 2.75) is 52.5 Å². The maximum Gasteiger partial charge on any atom is 0.364 e. The highest BCUT2D eigenvalue weighted by Crippen LogP contribution is 2.25. The van der Waals surface area contributed by atoms with Gasteiger partial charge in [-0.2, -0.15) is 0 Å². The van der Waals surface area contributed by atoms with Crippen LogP contribution in [0.25, 0.3) is 0 Å². The number of esters is 1. The summed E-state index contributed by atoms with van der Waals surface area (Å²) in [5, 5.41) is 1.29. The van der Waals surface area contributed by atoms with Crippen LogP contribution >= 0.6 is 0 Å². The average Bonchev–Trinajstić information content (AvgIpc) is 2.66. The summed E-state index contributed by atoms with van der Waals surface area (Å²) < 4.78 is 23.4. The molecule has 0 amide bonds. The fraction of sp³-hybridized carbons (Fsp3) is 0.571. The highest BCUT2D eigenvalue weighted by atomic mass is 28.4. The Balaban J connectivity index is 2.13. The smallest absolute Gasteiger partial charge is 0.364 e. The Morgan fingerprint density at radius 1 is 1.00 bits per heavy atom. The van der Waals surface area contributed by atoms with E-state index in [0.29, 0.717) is 37.7 Å². The van der Waals surface area contributed by atoms with Crippen molar-refractivity contribution >= 4 is 14.5 Å². The van der Waals surface area contributed by atoms with Gasteiger partial charge in [-0.3, -0.25) is 0 Å². The van der Waals surface area contributed by atoms with Crippen LogP contribution < -0.4 is 4.74 Å². The minimum atomic E-state index is -2.35. The molecule has 0 N–H and O–H groups in total. The Morgan fingerprint density at radius 2 is 1.70 bits per heavy atom. The third kappa shape index (κ3) is 6.48. The summed E-state index contributed by atoms with van der Waals surface area (Å²) in [7, 11) is -2.35. The Bertz CT molecular complexity index is 623. The molecule has 0 saturated heterocycles. The first kappa shape index (κ1) is 21.7. The summed E-state index contributed by atoms with van der Waals surface area (Å²) in [6.45, 7) is 8.41. The molecule has 6 heteroatoms. The number of carbonyl (C=O) groups excluding carboxylic acids is 1.